The number of rotatable bonds is 5. The van der Waals surface area contributed by atoms with Gasteiger partial charge in [0.2, 0.25) is 0 Å². The van der Waals surface area contributed by atoms with Gasteiger partial charge in [0.15, 0.2) is 5.11 Å². The lowest BCUT2D eigenvalue weighted by molar-refractivity contribution is -0.122. The summed E-state index contributed by atoms with van der Waals surface area (Å²) < 4.78 is 5.86. The predicted octanol–water partition coefficient (Wildman–Crippen LogP) is 5.06. The molecule has 0 atom stereocenters. The number of carbonyl (C=O) groups excluding carboxylic acids is 2. The Labute approximate surface area is 196 Å². The lowest BCUT2D eigenvalue weighted by Crippen LogP contribution is -2.54. The Morgan fingerprint density at radius 3 is 2.44 bits per heavy atom. The predicted molar refractivity (Wildman–Crippen MR) is 130 cm³/mol. The van der Waals surface area contributed by atoms with Crippen LogP contribution in [0, 0.1) is 6.92 Å². The van der Waals surface area contributed by atoms with Crippen LogP contribution in [-0.4, -0.2) is 16.9 Å². The Morgan fingerprint density at radius 2 is 1.75 bits per heavy atom. The fraction of sp³-hybridized carbons (Fsp3) is 0.0800. The Balaban J connectivity index is 1.57. The van der Waals surface area contributed by atoms with E-state index in [0.29, 0.717) is 23.1 Å². The van der Waals surface area contributed by atoms with Crippen LogP contribution in [0.3, 0.4) is 0 Å². The smallest absolute Gasteiger partial charge is 0.270 e. The van der Waals surface area contributed by atoms with E-state index in [4.69, 9.17) is 28.6 Å². The SMILES string of the molecule is Cc1cc(OCc2ccccc2)ccc1C=C1C(=O)NC(=S)N(c2ccc(Cl)cc2)C1=O. The quantitative estimate of drug-likeness (QED) is 0.327. The van der Waals surface area contributed by atoms with Crippen molar-refractivity contribution in [2.24, 2.45) is 0 Å². The lowest BCUT2D eigenvalue weighted by atomic mass is 10.0. The van der Waals surface area contributed by atoms with E-state index in [0.717, 1.165) is 16.7 Å². The first-order valence-corrected chi connectivity index (χ1v) is 10.7. The first kappa shape index (κ1) is 21.7. The summed E-state index contributed by atoms with van der Waals surface area (Å²) in [5, 5.41) is 3.15. The van der Waals surface area contributed by atoms with Crippen LogP contribution >= 0.6 is 23.8 Å². The second kappa shape index (κ2) is 9.34. The molecular weight excluding hydrogens is 444 g/mol. The lowest BCUT2D eigenvalue weighted by Gasteiger charge is -2.29. The van der Waals surface area contributed by atoms with Crippen LogP contribution in [0.1, 0.15) is 16.7 Å². The zero-order chi connectivity index (χ0) is 22.7. The molecule has 1 fully saturated rings. The molecule has 0 saturated carbocycles. The molecule has 3 aromatic rings. The number of hydrogen-bond donors (Lipinski definition) is 1. The number of anilines is 1. The molecule has 0 unspecified atom stereocenters. The number of hydrogen-bond acceptors (Lipinski definition) is 4. The molecule has 1 aliphatic rings. The van der Waals surface area contributed by atoms with Crippen LogP contribution in [0.4, 0.5) is 5.69 Å². The summed E-state index contributed by atoms with van der Waals surface area (Å²) in [5.41, 5.74) is 3.19. The van der Waals surface area contributed by atoms with Gasteiger partial charge < -0.3 is 4.74 Å². The van der Waals surface area contributed by atoms with Gasteiger partial charge in [-0.05, 0) is 78.3 Å². The van der Waals surface area contributed by atoms with Gasteiger partial charge in [-0.1, -0.05) is 48.0 Å². The molecule has 4 rings (SSSR count). The molecule has 1 N–H and O–H groups in total. The molecule has 1 saturated heterocycles. The second-order valence-corrected chi connectivity index (χ2v) is 8.05. The van der Waals surface area contributed by atoms with E-state index in [9.17, 15) is 9.59 Å². The number of ether oxygens (including phenoxy) is 1. The molecule has 0 radical (unpaired) electrons. The zero-order valence-corrected chi connectivity index (χ0v) is 18.7. The monoisotopic (exact) mass is 462 g/mol. The second-order valence-electron chi connectivity index (χ2n) is 7.23. The summed E-state index contributed by atoms with van der Waals surface area (Å²) in [5.74, 6) is -0.323. The molecular formula is C25H19ClN2O3S. The molecule has 5 nitrogen and oxygen atoms in total. The van der Waals surface area contributed by atoms with Gasteiger partial charge >= 0.3 is 0 Å². The highest BCUT2D eigenvalue weighted by Gasteiger charge is 2.34. The maximum Gasteiger partial charge on any atom is 0.270 e. The summed E-state index contributed by atoms with van der Waals surface area (Å²) >= 11 is 11.2. The normalized spacial score (nSPS) is 15.1. The molecule has 2 amide bonds. The average Bonchev–Trinajstić information content (AvgIpc) is 2.78. The third-order valence-electron chi connectivity index (χ3n) is 4.98. The van der Waals surface area contributed by atoms with Crippen molar-refractivity contribution in [2.75, 3.05) is 4.90 Å². The van der Waals surface area contributed by atoms with Gasteiger partial charge in [0.05, 0.1) is 5.69 Å². The number of carbonyl (C=O) groups is 2. The van der Waals surface area contributed by atoms with Gasteiger partial charge in [-0.3, -0.25) is 19.8 Å². The summed E-state index contributed by atoms with van der Waals surface area (Å²) in [6, 6.07) is 22.0. The van der Waals surface area contributed by atoms with Crippen molar-refractivity contribution < 1.29 is 14.3 Å². The minimum atomic E-state index is -0.533. The van der Waals surface area contributed by atoms with E-state index >= 15 is 0 Å². The number of nitrogens with one attached hydrogen (secondary N) is 1. The van der Waals surface area contributed by atoms with E-state index in [-0.39, 0.29) is 10.7 Å². The molecule has 3 aromatic carbocycles. The molecule has 7 heteroatoms. The minimum Gasteiger partial charge on any atom is -0.489 e. The Hall–Kier alpha value is -3.48. The standard InChI is InChI=1S/C25H19ClN2O3S/c1-16-13-21(31-15-17-5-3-2-4-6-17)12-7-18(16)14-22-23(29)27-25(32)28(24(22)30)20-10-8-19(26)9-11-20/h2-14H,15H2,1H3,(H,27,29,32). The van der Waals surface area contributed by atoms with E-state index < -0.39 is 11.8 Å². The first-order chi connectivity index (χ1) is 15.4. The average molecular weight is 463 g/mol. The van der Waals surface area contributed by atoms with Crippen molar-refractivity contribution in [2.45, 2.75) is 13.5 Å². The third kappa shape index (κ3) is 4.72. The van der Waals surface area contributed by atoms with Crippen molar-refractivity contribution in [1.82, 2.24) is 5.32 Å². The maximum absolute atomic E-state index is 13.1. The van der Waals surface area contributed by atoms with Crippen molar-refractivity contribution in [3.8, 4) is 5.75 Å². The minimum absolute atomic E-state index is 0.00500. The molecule has 0 aliphatic carbocycles. The van der Waals surface area contributed by atoms with E-state index in [1.807, 2.05) is 55.5 Å². The van der Waals surface area contributed by atoms with Gasteiger partial charge in [0, 0.05) is 5.02 Å². The molecule has 160 valence electrons. The van der Waals surface area contributed by atoms with Crippen molar-refractivity contribution >= 4 is 52.5 Å². The summed E-state index contributed by atoms with van der Waals surface area (Å²) in [4.78, 5) is 26.9. The van der Waals surface area contributed by atoms with Crippen molar-refractivity contribution in [3.05, 3.63) is 100 Å². The molecule has 0 bridgehead atoms. The number of thiocarbonyl (C=S) groups is 1. The number of halogens is 1. The fourth-order valence-electron chi connectivity index (χ4n) is 3.28. The van der Waals surface area contributed by atoms with Crippen molar-refractivity contribution in [3.63, 3.8) is 0 Å². The van der Waals surface area contributed by atoms with Crippen LogP contribution in [0.5, 0.6) is 5.75 Å². The van der Waals surface area contributed by atoms with Crippen LogP contribution in [0.2, 0.25) is 5.02 Å². The molecule has 0 aromatic heterocycles. The highest BCUT2D eigenvalue weighted by molar-refractivity contribution is 7.80. The van der Waals surface area contributed by atoms with Crippen LogP contribution in [-0.2, 0) is 16.2 Å². The Kier molecular flexibility index (Phi) is 6.35. The zero-order valence-electron chi connectivity index (χ0n) is 17.2. The molecule has 1 heterocycles. The van der Waals surface area contributed by atoms with E-state index in [2.05, 4.69) is 5.32 Å². The highest BCUT2D eigenvalue weighted by atomic mass is 35.5. The highest BCUT2D eigenvalue weighted by Crippen LogP contribution is 2.25. The topological polar surface area (TPSA) is 58.6 Å². The number of amides is 2. The van der Waals surface area contributed by atoms with E-state index in [1.54, 1.807) is 30.3 Å². The van der Waals surface area contributed by atoms with E-state index in [1.165, 1.54) is 4.90 Å². The number of aryl methyl sites for hydroxylation is 1. The van der Waals surface area contributed by atoms with Gasteiger partial charge in [0.25, 0.3) is 11.8 Å². The summed E-state index contributed by atoms with van der Waals surface area (Å²) in [7, 11) is 0. The fourth-order valence-corrected chi connectivity index (χ4v) is 3.69. The van der Waals surface area contributed by atoms with Gasteiger partial charge in [-0.15, -0.1) is 0 Å². The molecule has 32 heavy (non-hydrogen) atoms. The number of nitrogens with zero attached hydrogens (tertiary/aromatic N) is 1. The van der Waals surface area contributed by atoms with Crippen LogP contribution in [0.25, 0.3) is 6.08 Å². The Bertz CT molecular complexity index is 1220. The van der Waals surface area contributed by atoms with Gasteiger partial charge in [-0.2, -0.15) is 0 Å². The Morgan fingerprint density at radius 1 is 1.03 bits per heavy atom. The molecule has 1 aliphatic heterocycles. The number of benzene rings is 3. The van der Waals surface area contributed by atoms with Crippen LogP contribution in [0.15, 0.2) is 78.4 Å². The summed E-state index contributed by atoms with van der Waals surface area (Å²) in [6.45, 7) is 2.35. The first-order valence-electron chi connectivity index (χ1n) is 9.87. The molecule has 0 spiro atoms. The van der Waals surface area contributed by atoms with Crippen molar-refractivity contribution in [1.29, 1.82) is 0 Å². The summed E-state index contributed by atoms with van der Waals surface area (Å²) in [6.07, 6.45) is 1.57. The van der Waals surface area contributed by atoms with Crippen LogP contribution < -0.4 is 15.0 Å². The maximum atomic E-state index is 13.1. The van der Waals surface area contributed by atoms with Gasteiger partial charge in [-0.25, -0.2) is 0 Å². The third-order valence-corrected chi connectivity index (χ3v) is 5.51. The van der Waals surface area contributed by atoms with Gasteiger partial charge in [0.1, 0.15) is 17.9 Å². The largest absolute Gasteiger partial charge is 0.489 e.